The maximum Gasteiger partial charge on any atom is 0.192 e. The minimum absolute atomic E-state index is 0.0905. The van der Waals surface area contributed by atoms with E-state index in [1.807, 2.05) is 32.9 Å². The lowest BCUT2D eigenvalue weighted by molar-refractivity contribution is 0.256. The first-order chi connectivity index (χ1) is 10.7. The van der Waals surface area contributed by atoms with Crippen molar-refractivity contribution < 1.29 is 8.98 Å². The molecule has 0 radical (unpaired) electrons. The highest BCUT2D eigenvalue weighted by molar-refractivity contribution is 9.10. The number of hydrogen-bond acceptors (Lipinski definition) is 3. The minimum atomic E-state index is -1.86. The molecule has 1 aromatic rings. The highest BCUT2D eigenvalue weighted by Gasteiger charge is 2.38. The Morgan fingerprint density at radius 3 is 2.04 bits per heavy atom. The van der Waals surface area contributed by atoms with Crippen LogP contribution >= 0.6 is 15.9 Å². The van der Waals surface area contributed by atoms with Crippen LogP contribution in [0.3, 0.4) is 0 Å². The molecule has 2 atom stereocenters. The summed E-state index contributed by atoms with van der Waals surface area (Å²) in [6, 6.07) is 8.03. The van der Waals surface area contributed by atoms with Crippen molar-refractivity contribution in [1.29, 1.82) is 0 Å². The summed E-state index contributed by atoms with van der Waals surface area (Å²) in [5, 5.41) is 0.153. The quantitative estimate of drug-likeness (QED) is 0.471. The van der Waals surface area contributed by atoms with Crippen LogP contribution in [0.5, 0.6) is 0 Å². The van der Waals surface area contributed by atoms with Crippen molar-refractivity contribution in [2.75, 3.05) is 6.61 Å². The van der Waals surface area contributed by atoms with Gasteiger partial charge in [0.2, 0.25) is 0 Å². The minimum Gasteiger partial charge on any atom is -0.598 e. The Balaban J connectivity index is 2.95. The molecule has 6 heteroatoms. The molecule has 3 nitrogen and oxygen atoms in total. The fourth-order valence-corrected chi connectivity index (χ4v) is 3.80. The number of rotatable bonds is 6. The molecule has 0 bridgehead atoms. The lowest BCUT2D eigenvalue weighted by Crippen LogP contribution is -2.46. The summed E-state index contributed by atoms with van der Waals surface area (Å²) in [6.45, 7) is 17.6. The number of halogens is 1. The second kappa shape index (κ2) is 8.23. The van der Waals surface area contributed by atoms with Gasteiger partial charge in [0.15, 0.2) is 8.32 Å². The first-order valence-electron chi connectivity index (χ1n) is 8.31. The second-order valence-electron chi connectivity index (χ2n) is 8.67. The maximum atomic E-state index is 12.6. The molecule has 1 unspecified atom stereocenters. The van der Waals surface area contributed by atoms with Crippen molar-refractivity contribution >= 4 is 35.6 Å². The van der Waals surface area contributed by atoms with Crippen LogP contribution in [0.1, 0.15) is 53.1 Å². The van der Waals surface area contributed by atoms with E-state index in [-0.39, 0.29) is 15.8 Å². The van der Waals surface area contributed by atoms with Crippen LogP contribution < -0.4 is 4.72 Å². The number of nitrogens with one attached hydrogen (secondary N) is 1. The summed E-state index contributed by atoms with van der Waals surface area (Å²) in [7, 11) is -1.86. The summed E-state index contributed by atoms with van der Waals surface area (Å²) in [5.41, 5.74) is 1.09. The van der Waals surface area contributed by atoms with Crippen LogP contribution in [0, 0.1) is 0 Å². The fraction of sp³-hybridized carbons (Fsp3) is 0.667. The Morgan fingerprint density at radius 1 is 1.12 bits per heavy atom. The molecule has 0 fully saturated rings. The molecule has 1 aromatic carbocycles. The van der Waals surface area contributed by atoms with Crippen molar-refractivity contribution in [2.24, 2.45) is 0 Å². The Kier molecular flexibility index (Phi) is 7.61. The highest BCUT2D eigenvalue weighted by atomic mass is 79.9. The topological polar surface area (TPSA) is 44.3 Å². The maximum absolute atomic E-state index is 12.6. The molecule has 0 saturated heterocycles. The van der Waals surface area contributed by atoms with Gasteiger partial charge in [0, 0.05) is 15.8 Å². The third kappa shape index (κ3) is 6.46. The first-order valence-corrected chi connectivity index (χ1v) is 13.2. The van der Waals surface area contributed by atoms with Gasteiger partial charge in [0.1, 0.15) is 4.75 Å². The largest absolute Gasteiger partial charge is 0.598 e. The highest BCUT2D eigenvalue weighted by Crippen LogP contribution is 2.37. The Morgan fingerprint density at radius 2 is 1.62 bits per heavy atom. The van der Waals surface area contributed by atoms with Gasteiger partial charge < -0.3 is 8.98 Å². The molecule has 1 rings (SSSR count). The SMILES string of the molecule is CC(C)(C)[S+]([O-])N[C@H](CO[Si](C)(C)C(C)(C)C)c1ccc(Br)cc1. The summed E-state index contributed by atoms with van der Waals surface area (Å²) < 4.78 is 23.0. The standard InChI is InChI=1S/C18H32BrNO2SSi/c1-17(2,3)23(21)20-16(14-9-11-15(19)12-10-14)13-22-24(7,8)18(4,5)6/h9-12,16,20H,13H2,1-8H3/t16-,23?/m1/s1. The molecule has 1 N–H and O–H groups in total. The molecule has 0 amide bonds. The summed E-state index contributed by atoms with van der Waals surface area (Å²) >= 11 is 2.32. The molecule has 0 spiro atoms. The van der Waals surface area contributed by atoms with E-state index in [1.165, 1.54) is 0 Å². The van der Waals surface area contributed by atoms with Crippen molar-refractivity contribution in [3.63, 3.8) is 0 Å². The van der Waals surface area contributed by atoms with Gasteiger partial charge in [0.05, 0.1) is 12.6 Å². The molecule has 0 saturated carbocycles. The summed E-state index contributed by atoms with van der Waals surface area (Å²) in [6.07, 6.45) is 0. The molecular formula is C18H32BrNO2SSi. The van der Waals surface area contributed by atoms with E-state index in [4.69, 9.17) is 4.43 Å². The number of hydrogen-bond donors (Lipinski definition) is 1. The van der Waals surface area contributed by atoms with Crippen LogP contribution in [-0.2, 0) is 15.8 Å². The predicted molar refractivity (Wildman–Crippen MR) is 111 cm³/mol. The molecule has 0 aromatic heterocycles. The zero-order valence-corrected chi connectivity index (χ0v) is 19.6. The zero-order valence-electron chi connectivity index (χ0n) is 16.2. The van der Waals surface area contributed by atoms with Crippen LogP contribution in [0.2, 0.25) is 18.1 Å². The van der Waals surface area contributed by atoms with E-state index in [0.29, 0.717) is 6.61 Å². The van der Waals surface area contributed by atoms with E-state index >= 15 is 0 Å². The van der Waals surface area contributed by atoms with Gasteiger partial charge in [-0.15, -0.1) is 4.72 Å². The van der Waals surface area contributed by atoms with Crippen molar-refractivity contribution in [1.82, 2.24) is 4.72 Å². The van der Waals surface area contributed by atoms with Gasteiger partial charge >= 0.3 is 0 Å². The third-order valence-electron chi connectivity index (χ3n) is 4.49. The Bertz CT molecular complexity index is 523. The van der Waals surface area contributed by atoms with E-state index in [9.17, 15) is 4.55 Å². The normalized spacial score (nSPS) is 16.1. The monoisotopic (exact) mass is 433 g/mol. The zero-order chi connectivity index (χ0) is 18.8. The predicted octanol–water partition coefficient (Wildman–Crippen LogP) is 5.56. The molecule has 138 valence electrons. The van der Waals surface area contributed by atoms with Crippen molar-refractivity contribution in [2.45, 2.75) is 70.5 Å². The van der Waals surface area contributed by atoms with Crippen molar-refractivity contribution in [3.05, 3.63) is 34.3 Å². The lowest BCUT2D eigenvalue weighted by atomic mass is 10.1. The second-order valence-corrected chi connectivity index (χ2v) is 16.4. The molecule has 0 aliphatic rings. The average molecular weight is 435 g/mol. The van der Waals surface area contributed by atoms with Crippen LogP contribution in [0.4, 0.5) is 0 Å². The lowest BCUT2D eigenvalue weighted by Gasteiger charge is -2.37. The summed E-state index contributed by atoms with van der Waals surface area (Å²) in [5.74, 6) is 0. The van der Waals surface area contributed by atoms with Crippen LogP contribution in [-0.4, -0.2) is 24.2 Å². The van der Waals surface area contributed by atoms with E-state index in [1.54, 1.807) is 0 Å². The molecule has 0 aliphatic heterocycles. The Hall–Kier alpha value is 0.147. The van der Waals surface area contributed by atoms with E-state index in [2.05, 4.69) is 66.7 Å². The third-order valence-corrected chi connectivity index (χ3v) is 11.1. The molecule has 24 heavy (non-hydrogen) atoms. The molecular weight excluding hydrogens is 402 g/mol. The summed E-state index contributed by atoms with van der Waals surface area (Å²) in [4.78, 5) is 0. The molecule has 0 heterocycles. The fourth-order valence-electron chi connectivity index (χ4n) is 1.71. The van der Waals surface area contributed by atoms with Gasteiger partial charge in [-0.1, -0.05) is 48.8 Å². The van der Waals surface area contributed by atoms with E-state index in [0.717, 1.165) is 10.0 Å². The van der Waals surface area contributed by atoms with Gasteiger partial charge in [-0.3, -0.25) is 0 Å². The average Bonchev–Trinajstić information content (AvgIpc) is 2.42. The van der Waals surface area contributed by atoms with Crippen LogP contribution in [0.15, 0.2) is 28.7 Å². The smallest absolute Gasteiger partial charge is 0.192 e. The molecule has 0 aliphatic carbocycles. The van der Waals surface area contributed by atoms with Crippen LogP contribution in [0.25, 0.3) is 0 Å². The van der Waals surface area contributed by atoms with Gasteiger partial charge in [-0.2, -0.15) is 0 Å². The van der Waals surface area contributed by atoms with E-state index < -0.39 is 19.7 Å². The van der Waals surface area contributed by atoms with Crippen molar-refractivity contribution in [3.8, 4) is 0 Å². The number of benzene rings is 1. The van der Waals surface area contributed by atoms with Gasteiger partial charge in [0.25, 0.3) is 0 Å². The van der Waals surface area contributed by atoms with Gasteiger partial charge in [-0.05, 0) is 56.6 Å². The van der Waals surface area contributed by atoms with Gasteiger partial charge in [-0.25, -0.2) is 0 Å². The Labute approximate surface area is 160 Å². The first kappa shape index (κ1) is 22.2.